The minimum absolute atomic E-state index is 0.281. The van der Waals surface area contributed by atoms with E-state index in [1.165, 1.54) is 0 Å². The van der Waals surface area contributed by atoms with E-state index in [2.05, 4.69) is 0 Å². The number of rotatable bonds is 6. The second-order valence-corrected chi connectivity index (χ2v) is 5.48. The number of halogens is 1. The minimum atomic E-state index is -4.34. The molecule has 96 valence electrons. The van der Waals surface area contributed by atoms with Crippen LogP contribution in [0.1, 0.15) is 24.0 Å². The Labute approximate surface area is 102 Å². The lowest BCUT2D eigenvalue weighted by Crippen LogP contribution is -2.03. The summed E-state index contributed by atoms with van der Waals surface area (Å²) in [5.74, 6) is 0.372. The van der Waals surface area contributed by atoms with Gasteiger partial charge in [-0.25, -0.2) is 0 Å². The first kappa shape index (κ1) is 14.0. The van der Waals surface area contributed by atoms with Crippen molar-refractivity contribution < 1.29 is 17.0 Å². The van der Waals surface area contributed by atoms with E-state index in [0.29, 0.717) is 13.0 Å². The number of ether oxygens (including phenoxy) is 1. The summed E-state index contributed by atoms with van der Waals surface area (Å²) in [6.07, 6.45) is 0.806. The lowest BCUT2D eigenvalue weighted by atomic mass is 10.1. The van der Waals surface area contributed by atoms with E-state index in [-0.39, 0.29) is 6.42 Å². The molecule has 0 aromatic heterocycles. The second-order valence-electron chi connectivity index (χ2n) is 4.00. The van der Waals surface area contributed by atoms with Gasteiger partial charge in [-0.2, -0.15) is 8.42 Å². The molecule has 0 saturated heterocycles. The third-order valence-corrected chi connectivity index (χ3v) is 3.37. The smallest absolute Gasteiger partial charge is 0.302 e. The molecule has 0 radical (unpaired) electrons. The topological polar surface area (TPSA) is 43.4 Å². The van der Waals surface area contributed by atoms with Crippen LogP contribution in [0.3, 0.4) is 0 Å². The van der Waals surface area contributed by atoms with Crippen LogP contribution < -0.4 is 4.74 Å². The Bertz CT molecular complexity index is 469. The van der Waals surface area contributed by atoms with Crippen molar-refractivity contribution in [1.29, 1.82) is 0 Å². The van der Waals surface area contributed by atoms with Gasteiger partial charge in [-0.05, 0) is 43.9 Å². The maximum Gasteiger partial charge on any atom is 0.302 e. The zero-order chi connectivity index (χ0) is 12.9. The SMILES string of the molecule is Cc1cccc(OCCCCS(=O)(=O)F)c1C. The van der Waals surface area contributed by atoms with E-state index in [1.54, 1.807) is 0 Å². The molecule has 5 heteroatoms. The Morgan fingerprint density at radius 1 is 1.24 bits per heavy atom. The van der Waals surface area contributed by atoms with E-state index in [1.807, 2.05) is 32.0 Å². The van der Waals surface area contributed by atoms with E-state index in [0.717, 1.165) is 16.9 Å². The number of benzene rings is 1. The first-order valence-electron chi connectivity index (χ1n) is 5.51. The van der Waals surface area contributed by atoms with Gasteiger partial charge in [-0.3, -0.25) is 0 Å². The van der Waals surface area contributed by atoms with Gasteiger partial charge in [0.15, 0.2) is 0 Å². The van der Waals surface area contributed by atoms with Crippen LogP contribution in [-0.4, -0.2) is 20.8 Å². The molecule has 3 nitrogen and oxygen atoms in total. The second kappa shape index (κ2) is 6.00. The molecule has 0 aliphatic rings. The predicted octanol–water partition coefficient (Wildman–Crippen LogP) is 2.76. The van der Waals surface area contributed by atoms with Crippen molar-refractivity contribution >= 4 is 10.2 Å². The predicted molar refractivity (Wildman–Crippen MR) is 65.5 cm³/mol. The summed E-state index contributed by atoms with van der Waals surface area (Å²) < 4.78 is 38.2. The van der Waals surface area contributed by atoms with Gasteiger partial charge in [-0.15, -0.1) is 3.89 Å². The normalized spacial score (nSPS) is 11.5. The molecule has 0 fully saturated rings. The third kappa shape index (κ3) is 5.17. The van der Waals surface area contributed by atoms with Crippen LogP contribution in [-0.2, 0) is 10.2 Å². The summed E-state index contributed by atoms with van der Waals surface area (Å²) in [7, 11) is -4.34. The van der Waals surface area contributed by atoms with Crippen LogP contribution in [0.2, 0.25) is 0 Å². The molecule has 0 amide bonds. The highest BCUT2D eigenvalue weighted by Crippen LogP contribution is 2.20. The number of aryl methyl sites for hydroxylation is 1. The van der Waals surface area contributed by atoms with Gasteiger partial charge in [0.05, 0.1) is 12.4 Å². The number of hydrogen-bond acceptors (Lipinski definition) is 3. The Kier molecular flexibility index (Phi) is 4.93. The first-order valence-corrected chi connectivity index (χ1v) is 7.07. The van der Waals surface area contributed by atoms with Gasteiger partial charge in [0.25, 0.3) is 0 Å². The fraction of sp³-hybridized carbons (Fsp3) is 0.500. The Hall–Kier alpha value is -1.10. The Morgan fingerprint density at radius 3 is 2.59 bits per heavy atom. The van der Waals surface area contributed by atoms with Gasteiger partial charge >= 0.3 is 10.2 Å². The Morgan fingerprint density at radius 2 is 1.94 bits per heavy atom. The average Bonchev–Trinajstić information content (AvgIpc) is 2.22. The Balaban J connectivity index is 2.34. The monoisotopic (exact) mass is 260 g/mol. The van der Waals surface area contributed by atoms with Gasteiger partial charge in [0.1, 0.15) is 5.75 Å². The summed E-state index contributed by atoms with van der Waals surface area (Å²) in [6, 6.07) is 5.77. The molecule has 0 aliphatic carbocycles. The maximum absolute atomic E-state index is 12.2. The van der Waals surface area contributed by atoms with Gasteiger partial charge in [0.2, 0.25) is 0 Å². The standard InChI is InChI=1S/C12H17FO3S/c1-10-6-5-7-12(11(10)2)16-8-3-4-9-17(13,14)15/h5-7H,3-4,8-9H2,1-2H3. The molecule has 0 unspecified atom stereocenters. The van der Waals surface area contributed by atoms with Crippen molar-refractivity contribution in [2.45, 2.75) is 26.7 Å². The van der Waals surface area contributed by atoms with Crippen molar-refractivity contribution in [3.63, 3.8) is 0 Å². The fourth-order valence-corrected chi connectivity index (χ4v) is 1.99. The van der Waals surface area contributed by atoms with Crippen LogP contribution in [0.15, 0.2) is 18.2 Å². The molecular formula is C12H17FO3S. The van der Waals surface area contributed by atoms with Crippen LogP contribution in [0, 0.1) is 13.8 Å². The van der Waals surface area contributed by atoms with Gasteiger partial charge in [-0.1, -0.05) is 12.1 Å². The van der Waals surface area contributed by atoms with E-state index < -0.39 is 16.0 Å². The van der Waals surface area contributed by atoms with E-state index in [4.69, 9.17) is 4.74 Å². The van der Waals surface area contributed by atoms with Crippen molar-refractivity contribution in [2.24, 2.45) is 0 Å². The van der Waals surface area contributed by atoms with E-state index in [9.17, 15) is 12.3 Å². The zero-order valence-electron chi connectivity index (χ0n) is 10.1. The number of hydrogen-bond donors (Lipinski definition) is 0. The number of unbranched alkanes of at least 4 members (excludes halogenated alkanes) is 1. The first-order chi connectivity index (χ1) is 7.90. The summed E-state index contributed by atoms with van der Waals surface area (Å²) in [5, 5.41) is 0. The minimum Gasteiger partial charge on any atom is -0.493 e. The summed E-state index contributed by atoms with van der Waals surface area (Å²) in [5.41, 5.74) is 2.22. The largest absolute Gasteiger partial charge is 0.493 e. The lowest BCUT2D eigenvalue weighted by molar-refractivity contribution is 0.307. The molecule has 1 rings (SSSR count). The molecule has 0 N–H and O–H groups in total. The average molecular weight is 260 g/mol. The van der Waals surface area contributed by atoms with Gasteiger partial charge < -0.3 is 4.74 Å². The summed E-state index contributed by atoms with van der Waals surface area (Å²) in [6.45, 7) is 4.37. The molecular weight excluding hydrogens is 243 g/mol. The zero-order valence-corrected chi connectivity index (χ0v) is 10.9. The maximum atomic E-state index is 12.2. The quantitative estimate of drug-likeness (QED) is 0.583. The van der Waals surface area contributed by atoms with Crippen LogP contribution >= 0.6 is 0 Å². The van der Waals surface area contributed by atoms with Crippen molar-refractivity contribution in [3.05, 3.63) is 29.3 Å². The van der Waals surface area contributed by atoms with Crippen LogP contribution in [0.25, 0.3) is 0 Å². The summed E-state index contributed by atoms with van der Waals surface area (Å²) >= 11 is 0. The molecule has 17 heavy (non-hydrogen) atoms. The van der Waals surface area contributed by atoms with E-state index >= 15 is 0 Å². The molecule has 0 saturated carbocycles. The molecule has 1 aromatic carbocycles. The van der Waals surface area contributed by atoms with Crippen molar-refractivity contribution in [3.8, 4) is 5.75 Å². The third-order valence-electron chi connectivity index (χ3n) is 2.59. The molecule has 0 bridgehead atoms. The molecule has 1 aromatic rings. The van der Waals surface area contributed by atoms with Crippen molar-refractivity contribution in [2.75, 3.05) is 12.4 Å². The fourth-order valence-electron chi connectivity index (χ4n) is 1.44. The highest BCUT2D eigenvalue weighted by atomic mass is 32.3. The molecule has 0 heterocycles. The van der Waals surface area contributed by atoms with Crippen molar-refractivity contribution in [1.82, 2.24) is 0 Å². The van der Waals surface area contributed by atoms with Crippen LogP contribution in [0.4, 0.5) is 3.89 Å². The summed E-state index contributed by atoms with van der Waals surface area (Å²) in [4.78, 5) is 0. The molecule has 0 spiro atoms. The van der Waals surface area contributed by atoms with Gasteiger partial charge in [0, 0.05) is 0 Å². The lowest BCUT2D eigenvalue weighted by Gasteiger charge is -2.10. The highest BCUT2D eigenvalue weighted by Gasteiger charge is 2.06. The molecule has 0 atom stereocenters. The highest BCUT2D eigenvalue weighted by molar-refractivity contribution is 7.86. The van der Waals surface area contributed by atoms with Crippen LogP contribution in [0.5, 0.6) is 5.75 Å². The molecule has 0 aliphatic heterocycles.